The average molecular weight is 342 g/mol. The second kappa shape index (κ2) is 5.41. The maximum Gasteiger partial charge on any atom is 0.163 e. The lowest BCUT2D eigenvalue weighted by atomic mass is 9.71. The van der Waals surface area contributed by atoms with Gasteiger partial charge in [-0.2, -0.15) is 0 Å². The van der Waals surface area contributed by atoms with Crippen LogP contribution in [0.4, 0.5) is 0 Å². The molecule has 1 atom stereocenters. The van der Waals surface area contributed by atoms with Crippen molar-refractivity contribution < 1.29 is 4.79 Å². The molecule has 1 unspecified atom stereocenters. The standard InChI is InChI=1S/C23H22N2O/c1-15-3-4-16-5-6-17-18(20(16)13-15)7-9-21-19(17)8-10-22(26)23(21,2)25-12-11-24-14-25/h3-4,7,9,11-14H,5-6,8,10H2,1-2H3. The molecule has 0 radical (unpaired) electrons. The molecule has 1 heterocycles. The van der Waals surface area contributed by atoms with Crippen LogP contribution in [0.5, 0.6) is 0 Å². The molecule has 2 aliphatic rings. The number of aromatic nitrogens is 2. The molecule has 2 aliphatic carbocycles. The maximum atomic E-state index is 12.9. The Bertz CT molecular complexity index is 1030. The van der Waals surface area contributed by atoms with Gasteiger partial charge in [-0.3, -0.25) is 4.79 Å². The molecule has 0 aliphatic heterocycles. The van der Waals surface area contributed by atoms with Crippen LogP contribution >= 0.6 is 0 Å². The number of hydrogen-bond acceptors (Lipinski definition) is 2. The van der Waals surface area contributed by atoms with Crippen molar-refractivity contribution in [2.75, 3.05) is 0 Å². The van der Waals surface area contributed by atoms with Crippen LogP contribution in [0.1, 0.15) is 41.2 Å². The summed E-state index contributed by atoms with van der Waals surface area (Å²) in [4.78, 5) is 17.1. The fourth-order valence-corrected chi connectivity index (χ4v) is 4.83. The van der Waals surface area contributed by atoms with E-state index in [1.54, 1.807) is 12.5 Å². The van der Waals surface area contributed by atoms with Gasteiger partial charge in [-0.05, 0) is 66.5 Å². The van der Waals surface area contributed by atoms with Crippen LogP contribution in [0.2, 0.25) is 0 Å². The Morgan fingerprint density at radius 3 is 2.65 bits per heavy atom. The quantitative estimate of drug-likeness (QED) is 0.663. The molecule has 26 heavy (non-hydrogen) atoms. The van der Waals surface area contributed by atoms with Crippen molar-refractivity contribution in [2.45, 2.75) is 45.1 Å². The third-order valence-corrected chi connectivity index (χ3v) is 6.32. The summed E-state index contributed by atoms with van der Waals surface area (Å²) in [6, 6.07) is 11.2. The number of carbonyl (C=O) groups excluding carboxylic acids is 1. The molecule has 0 saturated heterocycles. The van der Waals surface area contributed by atoms with E-state index >= 15 is 0 Å². The predicted molar refractivity (Wildman–Crippen MR) is 102 cm³/mol. The molecule has 0 N–H and O–H groups in total. The van der Waals surface area contributed by atoms with Gasteiger partial charge in [-0.25, -0.2) is 4.98 Å². The SMILES string of the molecule is Cc1ccc2c(c1)-c1ccc3c(c1CC2)CCC(=O)C3(C)n1ccnc1. The van der Waals surface area contributed by atoms with Crippen LogP contribution in [0.15, 0.2) is 49.1 Å². The predicted octanol–water partition coefficient (Wildman–Crippen LogP) is 4.24. The lowest BCUT2D eigenvalue weighted by molar-refractivity contribution is -0.125. The van der Waals surface area contributed by atoms with Gasteiger partial charge in [0.15, 0.2) is 5.78 Å². The number of hydrogen-bond donors (Lipinski definition) is 0. The normalized spacial score (nSPS) is 21.1. The van der Waals surface area contributed by atoms with Crippen molar-refractivity contribution in [3.63, 3.8) is 0 Å². The highest BCUT2D eigenvalue weighted by molar-refractivity contribution is 5.93. The molecular formula is C23H22N2O. The summed E-state index contributed by atoms with van der Waals surface area (Å²) in [6.45, 7) is 4.20. The zero-order chi connectivity index (χ0) is 17.9. The van der Waals surface area contributed by atoms with Crippen molar-refractivity contribution in [3.05, 3.63) is 76.9 Å². The second-order valence-corrected chi connectivity index (χ2v) is 7.74. The number of ketones is 1. The summed E-state index contributed by atoms with van der Waals surface area (Å²) in [5.74, 6) is 0.273. The Balaban J connectivity index is 1.75. The van der Waals surface area contributed by atoms with E-state index in [1.807, 2.05) is 17.7 Å². The summed E-state index contributed by atoms with van der Waals surface area (Å²) >= 11 is 0. The molecule has 3 heteroatoms. The van der Waals surface area contributed by atoms with Gasteiger partial charge < -0.3 is 4.57 Å². The third-order valence-electron chi connectivity index (χ3n) is 6.32. The van der Waals surface area contributed by atoms with Gasteiger partial charge in [-0.1, -0.05) is 35.9 Å². The van der Waals surface area contributed by atoms with Crippen molar-refractivity contribution in [2.24, 2.45) is 0 Å². The molecule has 0 fully saturated rings. The Labute approximate surface area is 153 Å². The van der Waals surface area contributed by atoms with Crippen molar-refractivity contribution in [1.29, 1.82) is 0 Å². The number of fused-ring (bicyclic) bond motifs is 5. The molecule has 0 amide bonds. The first kappa shape index (κ1) is 15.6. The average Bonchev–Trinajstić information content (AvgIpc) is 3.19. The molecule has 5 rings (SSSR count). The number of rotatable bonds is 1. The van der Waals surface area contributed by atoms with Crippen molar-refractivity contribution >= 4 is 5.78 Å². The first-order valence-corrected chi connectivity index (χ1v) is 9.36. The summed E-state index contributed by atoms with van der Waals surface area (Å²) in [7, 11) is 0. The fourth-order valence-electron chi connectivity index (χ4n) is 4.83. The van der Waals surface area contributed by atoms with Gasteiger partial charge in [0.05, 0.1) is 6.33 Å². The van der Waals surface area contributed by atoms with E-state index in [4.69, 9.17) is 0 Å². The van der Waals surface area contributed by atoms with Crippen LogP contribution in [0.3, 0.4) is 0 Å². The molecule has 0 spiro atoms. The lowest BCUT2D eigenvalue weighted by Crippen LogP contribution is -2.43. The molecule has 2 aromatic carbocycles. The van der Waals surface area contributed by atoms with Crippen molar-refractivity contribution in [3.8, 4) is 11.1 Å². The van der Waals surface area contributed by atoms with Gasteiger partial charge in [-0.15, -0.1) is 0 Å². The molecule has 3 nitrogen and oxygen atoms in total. The van der Waals surface area contributed by atoms with Gasteiger partial charge >= 0.3 is 0 Å². The number of aryl methyl sites for hydroxylation is 2. The zero-order valence-electron chi connectivity index (χ0n) is 15.2. The van der Waals surface area contributed by atoms with Crippen LogP contribution in [0, 0.1) is 6.92 Å². The van der Waals surface area contributed by atoms with E-state index in [0.717, 1.165) is 24.8 Å². The van der Waals surface area contributed by atoms with E-state index < -0.39 is 5.54 Å². The first-order valence-electron chi connectivity index (χ1n) is 9.36. The van der Waals surface area contributed by atoms with E-state index in [0.29, 0.717) is 6.42 Å². The van der Waals surface area contributed by atoms with Gasteiger partial charge in [0.25, 0.3) is 0 Å². The Hall–Kier alpha value is -2.68. The van der Waals surface area contributed by atoms with Crippen LogP contribution in [0.25, 0.3) is 11.1 Å². The number of nitrogens with zero attached hydrogens (tertiary/aromatic N) is 2. The van der Waals surface area contributed by atoms with E-state index in [1.165, 1.54) is 33.4 Å². The molecule has 130 valence electrons. The van der Waals surface area contributed by atoms with Crippen LogP contribution in [-0.4, -0.2) is 15.3 Å². The summed E-state index contributed by atoms with van der Waals surface area (Å²) in [5, 5.41) is 0. The maximum absolute atomic E-state index is 12.9. The largest absolute Gasteiger partial charge is 0.320 e. The summed E-state index contributed by atoms with van der Waals surface area (Å²) in [5.41, 5.74) is 8.80. The first-order chi connectivity index (χ1) is 12.6. The Morgan fingerprint density at radius 1 is 1.00 bits per heavy atom. The van der Waals surface area contributed by atoms with E-state index in [9.17, 15) is 4.79 Å². The van der Waals surface area contributed by atoms with E-state index in [-0.39, 0.29) is 5.78 Å². The monoisotopic (exact) mass is 342 g/mol. The minimum absolute atomic E-state index is 0.273. The van der Waals surface area contributed by atoms with Crippen LogP contribution < -0.4 is 0 Å². The molecule has 1 aromatic heterocycles. The zero-order valence-corrected chi connectivity index (χ0v) is 15.2. The summed E-state index contributed by atoms with van der Waals surface area (Å²) < 4.78 is 1.97. The number of carbonyl (C=O) groups is 1. The van der Waals surface area contributed by atoms with E-state index in [2.05, 4.69) is 42.2 Å². The molecular weight excluding hydrogens is 320 g/mol. The topological polar surface area (TPSA) is 34.9 Å². The Morgan fingerprint density at radius 2 is 1.85 bits per heavy atom. The minimum Gasteiger partial charge on any atom is -0.320 e. The molecule has 0 bridgehead atoms. The highest BCUT2D eigenvalue weighted by Crippen LogP contribution is 2.43. The second-order valence-electron chi connectivity index (χ2n) is 7.74. The highest BCUT2D eigenvalue weighted by atomic mass is 16.1. The fraction of sp³-hybridized carbons (Fsp3) is 0.304. The number of imidazole rings is 1. The van der Waals surface area contributed by atoms with Gasteiger partial charge in [0, 0.05) is 18.8 Å². The lowest BCUT2D eigenvalue weighted by Gasteiger charge is -2.38. The smallest absolute Gasteiger partial charge is 0.163 e. The minimum atomic E-state index is -0.647. The molecule has 0 saturated carbocycles. The van der Waals surface area contributed by atoms with Crippen molar-refractivity contribution in [1.82, 2.24) is 9.55 Å². The highest BCUT2D eigenvalue weighted by Gasteiger charge is 2.42. The number of benzene rings is 2. The number of Topliss-reactive ketones (excluding diaryl/α,β-unsaturated/α-hetero) is 1. The van der Waals surface area contributed by atoms with Gasteiger partial charge in [0.1, 0.15) is 5.54 Å². The summed E-state index contributed by atoms with van der Waals surface area (Å²) in [6.07, 6.45) is 9.01. The Kier molecular flexibility index (Phi) is 3.24. The molecule has 3 aromatic rings. The van der Waals surface area contributed by atoms with Gasteiger partial charge in [0.2, 0.25) is 0 Å². The van der Waals surface area contributed by atoms with Crippen LogP contribution in [-0.2, 0) is 29.6 Å². The third kappa shape index (κ3) is 2.00.